The molecule has 0 fully saturated rings. The van der Waals surface area contributed by atoms with Crippen molar-refractivity contribution in [3.05, 3.63) is 72.3 Å². The Morgan fingerprint density at radius 3 is 2.77 bits per heavy atom. The van der Waals surface area contributed by atoms with Crippen LogP contribution in [0.3, 0.4) is 0 Å². The van der Waals surface area contributed by atoms with E-state index in [0.717, 1.165) is 16.8 Å². The SMILES string of the molecule is Cc1ccccc1OCC(O)C(=O)NCc1ccccc1-n1cncn1. The number of hydrogen-bond acceptors (Lipinski definition) is 5. The summed E-state index contributed by atoms with van der Waals surface area (Å²) in [6.07, 6.45) is 1.78. The summed E-state index contributed by atoms with van der Waals surface area (Å²) < 4.78 is 7.15. The summed E-state index contributed by atoms with van der Waals surface area (Å²) in [5.74, 6) is 0.155. The van der Waals surface area contributed by atoms with Crippen molar-refractivity contribution in [3.63, 3.8) is 0 Å². The van der Waals surface area contributed by atoms with Gasteiger partial charge in [0.05, 0.1) is 5.69 Å². The zero-order valence-electron chi connectivity index (χ0n) is 14.4. The molecule has 1 heterocycles. The molecule has 1 atom stereocenters. The number of aryl methyl sites for hydroxylation is 1. The average Bonchev–Trinajstić information content (AvgIpc) is 3.20. The maximum absolute atomic E-state index is 12.1. The molecule has 134 valence electrons. The van der Waals surface area contributed by atoms with Gasteiger partial charge in [-0.15, -0.1) is 0 Å². The van der Waals surface area contributed by atoms with Crippen LogP contribution in [0.15, 0.2) is 61.2 Å². The Kier molecular flexibility index (Phi) is 5.60. The van der Waals surface area contributed by atoms with Gasteiger partial charge in [0.25, 0.3) is 5.91 Å². The third-order valence-electron chi connectivity index (χ3n) is 3.90. The molecule has 3 aromatic rings. The van der Waals surface area contributed by atoms with Gasteiger partial charge in [0.15, 0.2) is 6.10 Å². The van der Waals surface area contributed by atoms with Crippen LogP contribution in [0, 0.1) is 6.92 Å². The van der Waals surface area contributed by atoms with Crippen molar-refractivity contribution < 1.29 is 14.6 Å². The number of amides is 1. The van der Waals surface area contributed by atoms with Gasteiger partial charge >= 0.3 is 0 Å². The highest BCUT2D eigenvalue weighted by Gasteiger charge is 2.16. The van der Waals surface area contributed by atoms with Gasteiger partial charge in [-0.3, -0.25) is 4.79 Å². The van der Waals surface area contributed by atoms with Crippen LogP contribution < -0.4 is 10.1 Å². The minimum atomic E-state index is -1.26. The summed E-state index contributed by atoms with van der Waals surface area (Å²) in [7, 11) is 0. The van der Waals surface area contributed by atoms with E-state index >= 15 is 0 Å². The van der Waals surface area contributed by atoms with Gasteiger partial charge < -0.3 is 15.2 Å². The van der Waals surface area contributed by atoms with Gasteiger partial charge in [-0.25, -0.2) is 9.67 Å². The van der Waals surface area contributed by atoms with Gasteiger partial charge in [0, 0.05) is 6.54 Å². The number of hydrogen-bond donors (Lipinski definition) is 2. The molecule has 7 heteroatoms. The molecule has 0 saturated heterocycles. The Hall–Kier alpha value is -3.19. The fourth-order valence-corrected chi connectivity index (χ4v) is 2.48. The number of carbonyl (C=O) groups excluding carboxylic acids is 1. The zero-order chi connectivity index (χ0) is 18.4. The molecule has 1 amide bonds. The highest BCUT2D eigenvalue weighted by molar-refractivity contribution is 5.80. The van der Waals surface area contributed by atoms with Gasteiger partial charge in [0.2, 0.25) is 0 Å². The van der Waals surface area contributed by atoms with E-state index in [0.29, 0.717) is 5.75 Å². The molecule has 0 aliphatic heterocycles. The highest BCUT2D eigenvalue weighted by Crippen LogP contribution is 2.16. The summed E-state index contributed by atoms with van der Waals surface area (Å²) >= 11 is 0. The largest absolute Gasteiger partial charge is 0.490 e. The number of benzene rings is 2. The maximum Gasteiger partial charge on any atom is 0.252 e. The van der Waals surface area contributed by atoms with Crippen molar-refractivity contribution in [2.75, 3.05) is 6.61 Å². The molecule has 0 aliphatic rings. The number of aliphatic hydroxyl groups excluding tert-OH is 1. The minimum absolute atomic E-state index is 0.110. The number of nitrogens with one attached hydrogen (secondary N) is 1. The summed E-state index contributed by atoms with van der Waals surface area (Å²) in [6.45, 7) is 2.06. The van der Waals surface area contributed by atoms with Crippen molar-refractivity contribution >= 4 is 5.91 Å². The van der Waals surface area contributed by atoms with Crippen LogP contribution in [0.1, 0.15) is 11.1 Å². The molecular weight excluding hydrogens is 332 g/mol. The van der Waals surface area contributed by atoms with Crippen molar-refractivity contribution in [2.24, 2.45) is 0 Å². The molecular formula is C19H20N4O3. The van der Waals surface area contributed by atoms with Gasteiger partial charge in [0.1, 0.15) is 25.0 Å². The van der Waals surface area contributed by atoms with E-state index in [4.69, 9.17) is 4.74 Å². The Morgan fingerprint density at radius 2 is 2.00 bits per heavy atom. The molecule has 3 rings (SSSR count). The van der Waals surface area contributed by atoms with E-state index in [2.05, 4.69) is 15.4 Å². The number of para-hydroxylation sites is 2. The standard InChI is InChI=1S/C19H20N4O3/c1-14-6-2-5-9-18(14)26-11-17(24)19(25)21-10-15-7-3-4-8-16(15)23-13-20-12-22-23/h2-9,12-13,17,24H,10-11H2,1H3,(H,21,25). The van der Waals surface area contributed by atoms with Gasteiger partial charge in [-0.2, -0.15) is 5.10 Å². The topological polar surface area (TPSA) is 89.3 Å². The first-order valence-electron chi connectivity index (χ1n) is 8.22. The first kappa shape index (κ1) is 17.6. The Morgan fingerprint density at radius 1 is 1.23 bits per heavy atom. The fourth-order valence-electron chi connectivity index (χ4n) is 2.48. The summed E-state index contributed by atoms with van der Waals surface area (Å²) in [6, 6.07) is 15.0. The van der Waals surface area contributed by atoms with Crippen LogP contribution in [0.5, 0.6) is 5.75 Å². The second-order valence-electron chi connectivity index (χ2n) is 5.78. The molecule has 2 N–H and O–H groups in total. The quantitative estimate of drug-likeness (QED) is 0.675. The van der Waals surface area contributed by atoms with E-state index in [1.807, 2.05) is 49.4 Å². The van der Waals surface area contributed by atoms with Crippen molar-refractivity contribution in [2.45, 2.75) is 19.6 Å². The molecule has 0 saturated carbocycles. The summed E-state index contributed by atoms with van der Waals surface area (Å²) in [5, 5.41) is 16.9. The van der Waals surface area contributed by atoms with E-state index in [1.165, 1.54) is 6.33 Å². The number of aromatic nitrogens is 3. The lowest BCUT2D eigenvalue weighted by molar-refractivity contribution is -0.130. The monoisotopic (exact) mass is 352 g/mol. The lowest BCUT2D eigenvalue weighted by atomic mass is 10.1. The van der Waals surface area contributed by atoms with Crippen LogP contribution in [0.2, 0.25) is 0 Å². The molecule has 0 radical (unpaired) electrons. The third kappa shape index (κ3) is 4.25. The zero-order valence-corrected chi connectivity index (χ0v) is 14.4. The molecule has 0 aliphatic carbocycles. The Balaban J connectivity index is 1.57. The smallest absolute Gasteiger partial charge is 0.252 e. The molecule has 0 spiro atoms. The first-order chi connectivity index (χ1) is 12.6. The van der Waals surface area contributed by atoms with E-state index < -0.39 is 12.0 Å². The number of nitrogens with zero attached hydrogens (tertiary/aromatic N) is 3. The number of rotatable bonds is 7. The van der Waals surface area contributed by atoms with Crippen molar-refractivity contribution in [1.82, 2.24) is 20.1 Å². The normalized spacial score (nSPS) is 11.8. The number of ether oxygens (including phenoxy) is 1. The fraction of sp³-hybridized carbons (Fsp3) is 0.211. The lowest BCUT2D eigenvalue weighted by Crippen LogP contribution is -2.38. The van der Waals surface area contributed by atoms with Gasteiger partial charge in [-0.1, -0.05) is 36.4 Å². The van der Waals surface area contributed by atoms with E-state index in [9.17, 15) is 9.90 Å². The lowest BCUT2D eigenvalue weighted by Gasteiger charge is -2.15. The van der Waals surface area contributed by atoms with Crippen molar-refractivity contribution in [1.29, 1.82) is 0 Å². The maximum atomic E-state index is 12.1. The second-order valence-corrected chi connectivity index (χ2v) is 5.78. The predicted molar refractivity (Wildman–Crippen MR) is 95.9 cm³/mol. The molecule has 26 heavy (non-hydrogen) atoms. The summed E-state index contributed by atoms with van der Waals surface area (Å²) in [5.41, 5.74) is 2.62. The van der Waals surface area contributed by atoms with E-state index in [-0.39, 0.29) is 13.2 Å². The van der Waals surface area contributed by atoms with Crippen molar-refractivity contribution in [3.8, 4) is 11.4 Å². The van der Waals surface area contributed by atoms with Crippen LogP contribution >= 0.6 is 0 Å². The molecule has 1 aromatic heterocycles. The molecule has 0 bridgehead atoms. The molecule has 1 unspecified atom stereocenters. The van der Waals surface area contributed by atoms with Crippen LogP contribution in [0.4, 0.5) is 0 Å². The summed E-state index contributed by atoms with van der Waals surface area (Å²) in [4.78, 5) is 16.1. The number of carbonyl (C=O) groups is 1. The Bertz CT molecular complexity index is 865. The average molecular weight is 352 g/mol. The minimum Gasteiger partial charge on any atom is -0.490 e. The van der Waals surface area contributed by atoms with E-state index in [1.54, 1.807) is 17.1 Å². The first-order valence-corrected chi connectivity index (χ1v) is 8.22. The van der Waals surface area contributed by atoms with Crippen LogP contribution in [0.25, 0.3) is 5.69 Å². The van der Waals surface area contributed by atoms with Crippen LogP contribution in [-0.2, 0) is 11.3 Å². The van der Waals surface area contributed by atoms with Gasteiger partial charge in [-0.05, 0) is 30.2 Å². The molecule has 7 nitrogen and oxygen atoms in total. The highest BCUT2D eigenvalue weighted by atomic mass is 16.5. The third-order valence-corrected chi connectivity index (χ3v) is 3.90. The number of aliphatic hydroxyl groups is 1. The molecule has 2 aromatic carbocycles. The van der Waals surface area contributed by atoms with Crippen LogP contribution in [-0.4, -0.2) is 38.5 Å². The second kappa shape index (κ2) is 8.26. The predicted octanol–water partition coefficient (Wildman–Crippen LogP) is 1.63. The Labute approximate surface area is 151 Å².